The minimum absolute atomic E-state index is 0.00476. The molecule has 0 bridgehead atoms. The largest absolute Gasteiger partial charge is 0.444 e. The molecule has 1 aliphatic heterocycles. The van der Waals surface area contributed by atoms with E-state index >= 15 is 0 Å². The molecule has 0 spiro atoms. The Morgan fingerprint density at radius 2 is 2.06 bits per heavy atom. The number of carbonyl (C=O) groups is 2. The standard InChI is InChI=1S/C11H17ClFNO3/c1-11(2,3)17-10(16)14-6-7(13)4-8(14)9(15)5-12/h7-8H,4-6H2,1-3H3/t7-,8+/m0/s1. The van der Waals surface area contributed by atoms with Crippen LogP contribution in [0.1, 0.15) is 27.2 Å². The monoisotopic (exact) mass is 265 g/mol. The fourth-order valence-electron chi connectivity index (χ4n) is 1.70. The van der Waals surface area contributed by atoms with Gasteiger partial charge in [-0.25, -0.2) is 9.18 Å². The Kier molecular flexibility index (Phi) is 4.36. The molecule has 0 unspecified atom stereocenters. The maximum Gasteiger partial charge on any atom is 0.411 e. The number of carbonyl (C=O) groups excluding carboxylic acids is 2. The number of rotatable bonds is 2. The smallest absolute Gasteiger partial charge is 0.411 e. The van der Waals surface area contributed by atoms with Gasteiger partial charge in [0.15, 0.2) is 5.78 Å². The van der Waals surface area contributed by atoms with Gasteiger partial charge in [-0.3, -0.25) is 9.69 Å². The number of likely N-dealkylation sites (tertiary alicyclic amines) is 1. The zero-order chi connectivity index (χ0) is 13.2. The Morgan fingerprint density at radius 1 is 1.47 bits per heavy atom. The van der Waals surface area contributed by atoms with Crippen LogP contribution in [-0.2, 0) is 9.53 Å². The van der Waals surface area contributed by atoms with E-state index in [1.165, 1.54) is 0 Å². The van der Waals surface area contributed by atoms with E-state index in [1.807, 2.05) is 0 Å². The molecule has 0 saturated carbocycles. The Hall–Kier alpha value is -0.840. The topological polar surface area (TPSA) is 46.6 Å². The molecule has 0 aliphatic carbocycles. The number of amides is 1. The first-order valence-corrected chi connectivity index (χ1v) is 6.00. The molecule has 1 saturated heterocycles. The molecule has 17 heavy (non-hydrogen) atoms. The number of hydrogen-bond acceptors (Lipinski definition) is 3. The van der Waals surface area contributed by atoms with Crippen molar-refractivity contribution in [3.05, 3.63) is 0 Å². The van der Waals surface area contributed by atoms with Crippen LogP contribution in [0.25, 0.3) is 0 Å². The van der Waals surface area contributed by atoms with E-state index in [9.17, 15) is 14.0 Å². The van der Waals surface area contributed by atoms with Crippen molar-refractivity contribution in [1.82, 2.24) is 4.90 Å². The second-order valence-corrected chi connectivity index (χ2v) is 5.35. The van der Waals surface area contributed by atoms with Gasteiger partial charge in [-0.15, -0.1) is 11.6 Å². The van der Waals surface area contributed by atoms with Crippen molar-refractivity contribution in [3.8, 4) is 0 Å². The highest BCUT2D eigenvalue weighted by molar-refractivity contribution is 6.28. The third-order valence-corrected chi connectivity index (χ3v) is 2.64. The number of ketones is 1. The van der Waals surface area contributed by atoms with E-state index in [4.69, 9.17) is 16.3 Å². The van der Waals surface area contributed by atoms with Gasteiger partial charge in [-0.1, -0.05) is 0 Å². The lowest BCUT2D eigenvalue weighted by Gasteiger charge is -2.27. The first-order valence-electron chi connectivity index (χ1n) is 5.47. The summed E-state index contributed by atoms with van der Waals surface area (Å²) in [6.07, 6.45) is -1.86. The zero-order valence-electron chi connectivity index (χ0n) is 10.2. The summed E-state index contributed by atoms with van der Waals surface area (Å²) in [6, 6.07) is -0.794. The Morgan fingerprint density at radius 3 is 2.53 bits per heavy atom. The second-order valence-electron chi connectivity index (χ2n) is 5.08. The number of alkyl halides is 2. The lowest BCUT2D eigenvalue weighted by molar-refractivity contribution is -0.120. The molecule has 6 heteroatoms. The fourth-order valence-corrected chi connectivity index (χ4v) is 1.88. The Balaban J connectivity index is 2.73. The molecular formula is C11H17ClFNO3. The Labute approximate surface area is 105 Å². The highest BCUT2D eigenvalue weighted by atomic mass is 35.5. The molecular weight excluding hydrogens is 249 g/mol. The number of ether oxygens (including phenoxy) is 1. The summed E-state index contributed by atoms with van der Waals surface area (Å²) >= 11 is 5.43. The van der Waals surface area contributed by atoms with Crippen LogP contribution in [0.15, 0.2) is 0 Å². The van der Waals surface area contributed by atoms with Gasteiger partial charge in [0.05, 0.1) is 18.5 Å². The SMILES string of the molecule is CC(C)(C)OC(=O)N1C[C@@H](F)C[C@@H]1C(=O)CCl. The summed E-state index contributed by atoms with van der Waals surface area (Å²) < 4.78 is 18.4. The highest BCUT2D eigenvalue weighted by Gasteiger charge is 2.40. The molecule has 1 aliphatic rings. The summed E-state index contributed by atoms with van der Waals surface area (Å²) in [6.45, 7) is 5.03. The minimum Gasteiger partial charge on any atom is -0.444 e. The predicted octanol–water partition coefficient (Wildman–Crippen LogP) is 2.14. The van der Waals surface area contributed by atoms with E-state index < -0.39 is 23.9 Å². The van der Waals surface area contributed by atoms with Gasteiger partial charge >= 0.3 is 6.09 Å². The van der Waals surface area contributed by atoms with Crippen LogP contribution in [0.4, 0.5) is 9.18 Å². The molecule has 0 N–H and O–H groups in total. The summed E-state index contributed by atoms with van der Waals surface area (Å²) in [4.78, 5) is 24.4. The van der Waals surface area contributed by atoms with Gasteiger partial charge in [-0.2, -0.15) is 0 Å². The molecule has 4 nitrogen and oxygen atoms in total. The number of halogens is 2. The molecule has 0 aromatic rings. The van der Waals surface area contributed by atoms with Crippen LogP contribution in [0.5, 0.6) is 0 Å². The van der Waals surface area contributed by atoms with Gasteiger partial charge in [0.25, 0.3) is 0 Å². The maximum atomic E-state index is 13.3. The summed E-state index contributed by atoms with van der Waals surface area (Å²) in [5.74, 6) is -0.575. The van der Waals surface area contributed by atoms with Crippen molar-refractivity contribution < 1.29 is 18.7 Å². The second kappa shape index (κ2) is 5.21. The van der Waals surface area contributed by atoms with Gasteiger partial charge in [0, 0.05) is 6.42 Å². The third-order valence-electron chi connectivity index (χ3n) is 2.38. The Bertz CT molecular complexity index is 316. The molecule has 0 aromatic carbocycles. The number of Topliss-reactive ketones (excluding diaryl/α,β-unsaturated/α-hetero) is 1. The van der Waals surface area contributed by atoms with Crippen molar-refractivity contribution in [2.75, 3.05) is 12.4 Å². The predicted molar refractivity (Wildman–Crippen MR) is 62.0 cm³/mol. The normalized spacial score (nSPS) is 24.9. The molecule has 1 amide bonds. The van der Waals surface area contributed by atoms with Gasteiger partial charge in [0.1, 0.15) is 11.8 Å². The lowest BCUT2D eigenvalue weighted by atomic mass is 10.1. The molecule has 0 radical (unpaired) electrons. The lowest BCUT2D eigenvalue weighted by Crippen LogP contribution is -2.43. The molecule has 1 rings (SSSR count). The maximum absolute atomic E-state index is 13.3. The van der Waals surface area contributed by atoms with E-state index in [0.717, 1.165) is 4.90 Å². The van der Waals surface area contributed by atoms with Crippen molar-refractivity contribution in [1.29, 1.82) is 0 Å². The average Bonchev–Trinajstić information content (AvgIpc) is 2.56. The molecule has 0 aromatic heterocycles. The van der Waals surface area contributed by atoms with Gasteiger partial charge in [-0.05, 0) is 20.8 Å². The van der Waals surface area contributed by atoms with Crippen LogP contribution in [0.3, 0.4) is 0 Å². The summed E-state index contributed by atoms with van der Waals surface area (Å²) in [5, 5.41) is 0. The quantitative estimate of drug-likeness (QED) is 0.719. The van der Waals surface area contributed by atoms with Crippen molar-refractivity contribution in [3.63, 3.8) is 0 Å². The van der Waals surface area contributed by atoms with Gasteiger partial charge in [0.2, 0.25) is 0 Å². The first kappa shape index (κ1) is 14.2. The molecule has 98 valence electrons. The summed E-state index contributed by atoms with van der Waals surface area (Å²) in [5.41, 5.74) is -0.667. The van der Waals surface area contributed by atoms with Crippen molar-refractivity contribution in [2.45, 2.75) is 45.0 Å². The zero-order valence-corrected chi connectivity index (χ0v) is 11.0. The summed E-state index contributed by atoms with van der Waals surface area (Å²) in [7, 11) is 0. The van der Waals surface area contributed by atoms with Gasteiger partial charge < -0.3 is 4.74 Å². The molecule has 1 fully saturated rings. The minimum atomic E-state index is -1.19. The van der Waals surface area contributed by atoms with E-state index in [0.29, 0.717) is 0 Å². The van der Waals surface area contributed by atoms with E-state index in [2.05, 4.69) is 0 Å². The van der Waals surface area contributed by atoms with Crippen molar-refractivity contribution >= 4 is 23.5 Å². The highest BCUT2D eigenvalue weighted by Crippen LogP contribution is 2.24. The van der Waals surface area contributed by atoms with Crippen LogP contribution < -0.4 is 0 Å². The number of hydrogen-bond donors (Lipinski definition) is 0. The van der Waals surface area contributed by atoms with Crippen LogP contribution in [0, 0.1) is 0 Å². The van der Waals surface area contributed by atoms with Crippen molar-refractivity contribution in [2.24, 2.45) is 0 Å². The fraction of sp³-hybridized carbons (Fsp3) is 0.818. The number of nitrogens with zero attached hydrogens (tertiary/aromatic N) is 1. The first-order chi connectivity index (χ1) is 7.74. The van der Waals surface area contributed by atoms with E-state index in [1.54, 1.807) is 20.8 Å². The van der Waals surface area contributed by atoms with Crippen LogP contribution in [-0.4, -0.2) is 47.0 Å². The molecule has 2 atom stereocenters. The average molecular weight is 266 g/mol. The van der Waals surface area contributed by atoms with Crippen LogP contribution in [0.2, 0.25) is 0 Å². The van der Waals surface area contributed by atoms with Crippen LogP contribution >= 0.6 is 11.6 Å². The molecule has 1 heterocycles. The van der Waals surface area contributed by atoms with E-state index in [-0.39, 0.29) is 24.6 Å². The third kappa shape index (κ3) is 3.84.